The number of halogens is 1. The van der Waals surface area contributed by atoms with Gasteiger partial charge in [0.25, 0.3) is 0 Å². The molecule has 3 rings (SSSR count). The minimum absolute atomic E-state index is 0.0282. The molecule has 0 radical (unpaired) electrons. The number of aryl methyl sites for hydroxylation is 1. The van der Waals surface area contributed by atoms with Crippen LogP contribution in [0.25, 0.3) is 11.0 Å². The molecule has 0 bridgehead atoms. The van der Waals surface area contributed by atoms with Crippen LogP contribution < -0.4 is 5.32 Å². The van der Waals surface area contributed by atoms with Crippen LogP contribution in [0.1, 0.15) is 24.4 Å². The Morgan fingerprint density at radius 1 is 1.22 bits per heavy atom. The second kappa shape index (κ2) is 6.54. The highest BCUT2D eigenvalue weighted by atomic mass is 79.9. The first-order chi connectivity index (χ1) is 11.1. The predicted molar refractivity (Wildman–Crippen MR) is 95.2 cm³/mol. The zero-order valence-corrected chi connectivity index (χ0v) is 14.7. The van der Waals surface area contributed by atoms with Gasteiger partial charge in [-0.15, -0.1) is 0 Å². The second-order valence-electron chi connectivity index (χ2n) is 5.54. The summed E-state index contributed by atoms with van der Waals surface area (Å²) in [4.78, 5) is 16.9. The lowest BCUT2D eigenvalue weighted by Crippen LogP contribution is -2.30. The molecule has 0 aliphatic carbocycles. The van der Waals surface area contributed by atoms with Crippen LogP contribution in [0, 0.1) is 6.92 Å². The Morgan fingerprint density at radius 3 is 2.70 bits per heavy atom. The van der Waals surface area contributed by atoms with E-state index in [0.717, 1.165) is 26.9 Å². The number of carbonyl (C=O) groups is 1. The molecular weight excluding hydrogens is 354 g/mol. The van der Waals surface area contributed by atoms with Crippen LogP contribution in [-0.4, -0.2) is 15.5 Å². The average Bonchev–Trinajstić information content (AvgIpc) is 2.83. The first kappa shape index (κ1) is 15.7. The fraction of sp³-hybridized carbons (Fsp3) is 0.222. The quantitative estimate of drug-likeness (QED) is 0.753. The zero-order chi connectivity index (χ0) is 16.4. The van der Waals surface area contributed by atoms with Crippen molar-refractivity contribution in [3.63, 3.8) is 0 Å². The molecule has 0 fully saturated rings. The largest absolute Gasteiger partial charge is 0.348 e. The van der Waals surface area contributed by atoms with E-state index in [0.29, 0.717) is 0 Å². The third-order valence-corrected chi connectivity index (χ3v) is 4.62. The van der Waals surface area contributed by atoms with Gasteiger partial charge in [0.15, 0.2) is 0 Å². The van der Waals surface area contributed by atoms with E-state index in [4.69, 9.17) is 0 Å². The van der Waals surface area contributed by atoms with Gasteiger partial charge in [0.2, 0.25) is 5.91 Å². The molecule has 0 aliphatic rings. The van der Waals surface area contributed by atoms with Crippen LogP contribution in [-0.2, 0) is 11.3 Å². The molecule has 1 amide bonds. The number of benzene rings is 2. The van der Waals surface area contributed by atoms with Crippen LogP contribution >= 0.6 is 15.9 Å². The number of aromatic nitrogens is 2. The van der Waals surface area contributed by atoms with Gasteiger partial charge in [-0.3, -0.25) is 4.79 Å². The predicted octanol–water partition coefficient (Wildman–Crippen LogP) is 3.98. The molecule has 1 atom stereocenters. The lowest BCUT2D eigenvalue weighted by molar-refractivity contribution is -0.122. The van der Waals surface area contributed by atoms with Crippen molar-refractivity contribution < 1.29 is 4.79 Å². The summed E-state index contributed by atoms with van der Waals surface area (Å²) in [5.41, 5.74) is 2.96. The molecule has 4 nitrogen and oxygen atoms in total. The van der Waals surface area contributed by atoms with Gasteiger partial charge in [-0.1, -0.05) is 46.3 Å². The molecule has 0 spiro atoms. The average molecular weight is 372 g/mol. The maximum Gasteiger partial charge on any atom is 0.240 e. The molecule has 0 saturated carbocycles. The fourth-order valence-corrected chi connectivity index (χ4v) is 3.36. The third-order valence-electron chi connectivity index (χ3n) is 3.90. The van der Waals surface area contributed by atoms with E-state index in [1.54, 1.807) is 0 Å². The van der Waals surface area contributed by atoms with Gasteiger partial charge in [0, 0.05) is 4.47 Å². The van der Waals surface area contributed by atoms with E-state index in [-0.39, 0.29) is 18.5 Å². The molecule has 1 N–H and O–H groups in total. The van der Waals surface area contributed by atoms with Crippen LogP contribution in [0.5, 0.6) is 0 Å². The maximum absolute atomic E-state index is 12.4. The Kier molecular flexibility index (Phi) is 4.48. The Bertz CT molecular complexity index is 856. The van der Waals surface area contributed by atoms with Gasteiger partial charge >= 0.3 is 0 Å². The van der Waals surface area contributed by atoms with Crippen molar-refractivity contribution in [2.45, 2.75) is 26.4 Å². The van der Waals surface area contributed by atoms with Gasteiger partial charge in [-0.05, 0) is 37.6 Å². The monoisotopic (exact) mass is 371 g/mol. The normalized spacial score (nSPS) is 12.3. The summed E-state index contributed by atoms with van der Waals surface area (Å²) in [6.07, 6.45) is 0. The van der Waals surface area contributed by atoms with E-state index in [1.807, 2.05) is 66.9 Å². The molecule has 3 aromatic rings. The lowest BCUT2D eigenvalue weighted by atomic mass is 10.1. The molecule has 1 heterocycles. The first-order valence-corrected chi connectivity index (χ1v) is 8.31. The summed E-state index contributed by atoms with van der Waals surface area (Å²) in [6.45, 7) is 4.17. The lowest BCUT2D eigenvalue weighted by Gasteiger charge is -2.16. The molecule has 5 heteroatoms. The smallest absolute Gasteiger partial charge is 0.240 e. The second-order valence-corrected chi connectivity index (χ2v) is 6.40. The number of nitrogens with one attached hydrogen (secondary N) is 1. The van der Waals surface area contributed by atoms with E-state index < -0.39 is 0 Å². The van der Waals surface area contributed by atoms with Crippen molar-refractivity contribution in [2.75, 3.05) is 0 Å². The van der Waals surface area contributed by atoms with E-state index >= 15 is 0 Å². The van der Waals surface area contributed by atoms with Crippen molar-refractivity contribution in [1.29, 1.82) is 0 Å². The number of hydrogen-bond acceptors (Lipinski definition) is 2. The molecule has 1 aromatic heterocycles. The summed E-state index contributed by atoms with van der Waals surface area (Å²) in [6, 6.07) is 15.7. The van der Waals surface area contributed by atoms with E-state index in [9.17, 15) is 4.79 Å². The van der Waals surface area contributed by atoms with Gasteiger partial charge in [0.1, 0.15) is 12.4 Å². The molecular formula is C18H18BrN3O. The number of amides is 1. The maximum atomic E-state index is 12.4. The molecule has 2 aromatic carbocycles. The van der Waals surface area contributed by atoms with Crippen molar-refractivity contribution in [1.82, 2.24) is 14.9 Å². The molecule has 118 valence electrons. The highest BCUT2D eigenvalue weighted by Gasteiger charge is 2.14. The molecule has 23 heavy (non-hydrogen) atoms. The highest BCUT2D eigenvalue weighted by Crippen LogP contribution is 2.23. The Morgan fingerprint density at radius 2 is 1.91 bits per heavy atom. The van der Waals surface area contributed by atoms with Crippen molar-refractivity contribution >= 4 is 32.9 Å². The third kappa shape index (κ3) is 3.29. The SMILES string of the molecule is Cc1nc2ccccc2n1CC(=O)N[C@@H](C)c1ccccc1Br. The Hall–Kier alpha value is -2.14. The van der Waals surface area contributed by atoms with Crippen LogP contribution in [0.4, 0.5) is 0 Å². The van der Waals surface area contributed by atoms with Crippen molar-refractivity contribution in [3.8, 4) is 0 Å². The Balaban J connectivity index is 1.76. The van der Waals surface area contributed by atoms with E-state index in [2.05, 4.69) is 26.2 Å². The van der Waals surface area contributed by atoms with E-state index in [1.165, 1.54) is 0 Å². The van der Waals surface area contributed by atoms with Crippen molar-refractivity contribution in [3.05, 3.63) is 64.4 Å². The summed E-state index contributed by atoms with van der Waals surface area (Å²) in [5.74, 6) is 0.814. The fourth-order valence-electron chi connectivity index (χ4n) is 2.73. The summed E-state index contributed by atoms with van der Waals surface area (Å²) in [5, 5.41) is 3.05. The first-order valence-electron chi connectivity index (χ1n) is 7.52. The summed E-state index contributed by atoms with van der Waals surface area (Å²) >= 11 is 3.53. The number of hydrogen-bond donors (Lipinski definition) is 1. The molecule has 0 aliphatic heterocycles. The van der Waals surface area contributed by atoms with Crippen LogP contribution in [0.3, 0.4) is 0 Å². The molecule has 0 unspecified atom stereocenters. The minimum atomic E-state index is -0.0619. The van der Waals surface area contributed by atoms with Crippen molar-refractivity contribution in [2.24, 2.45) is 0 Å². The van der Waals surface area contributed by atoms with Gasteiger partial charge in [0.05, 0.1) is 17.1 Å². The zero-order valence-electron chi connectivity index (χ0n) is 13.1. The minimum Gasteiger partial charge on any atom is -0.348 e. The molecule has 0 saturated heterocycles. The number of para-hydroxylation sites is 2. The van der Waals surface area contributed by atoms with Gasteiger partial charge in [-0.2, -0.15) is 0 Å². The summed E-state index contributed by atoms with van der Waals surface area (Å²) < 4.78 is 2.94. The number of carbonyl (C=O) groups excluding carboxylic acids is 1. The number of fused-ring (bicyclic) bond motifs is 1. The number of imidazole rings is 1. The number of rotatable bonds is 4. The van der Waals surface area contributed by atoms with Crippen LogP contribution in [0.2, 0.25) is 0 Å². The van der Waals surface area contributed by atoms with Gasteiger partial charge in [-0.25, -0.2) is 4.98 Å². The summed E-state index contributed by atoms with van der Waals surface area (Å²) in [7, 11) is 0. The topological polar surface area (TPSA) is 46.9 Å². The van der Waals surface area contributed by atoms with Gasteiger partial charge < -0.3 is 9.88 Å². The highest BCUT2D eigenvalue weighted by molar-refractivity contribution is 9.10. The Labute approximate surface area is 143 Å². The van der Waals surface area contributed by atoms with Crippen LogP contribution in [0.15, 0.2) is 53.0 Å². The standard InChI is InChI=1S/C18H18BrN3O/c1-12(14-7-3-4-8-15(14)19)20-18(23)11-22-13(2)21-16-9-5-6-10-17(16)22/h3-10,12H,11H2,1-2H3,(H,20,23)/t12-/m0/s1. The number of nitrogens with zero attached hydrogens (tertiary/aromatic N) is 2.